The van der Waals surface area contributed by atoms with E-state index in [-0.39, 0.29) is 30.2 Å². The number of rotatable bonds is 4. The molecule has 2 aromatic carbocycles. The van der Waals surface area contributed by atoms with E-state index in [1.165, 1.54) is 29.2 Å². The Morgan fingerprint density at radius 2 is 1.96 bits per heavy atom. The second-order valence-electron chi connectivity index (χ2n) is 6.37. The minimum Gasteiger partial charge on any atom is -0.351 e. The van der Waals surface area contributed by atoms with Crippen molar-refractivity contribution in [1.29, 1.82) is 0 Å². The number of anilines is 1. The summed E-state index contributed by atoms with van der Waals surface area (Å²) >= 11 is 5.75. The van der Waals surface area contributed by atoms with E-state index in [1.54, 1.807) is 0 Å². The van der Waals surface area contributed by atoms with E-state index < -0.39 is 35.3 Å². The molecule has 1 N–H and O–H groups in total. The highest BCUT2D eigenvalue weighted by atomic mass is 35.5. The van der Waals surface area contributed by atoms with Gasteiger partial charge in [-0.2, -0.15) is 13.2 Å². The van der Waals surface area contributed by atoms with Crippen molar-refractivity contribution in [3.05, 3.63) is 64.4 Å². The predicted molar refractivity (Wildman–Crippen MR) is 95.2 cm³/mol. The van der Waals surface area contributed by atoms with Crippen LogP contribution in [0.25, 0.3) is 0 Å². The van der Waals surface area contributed by atoms with Gasteiger partial charge in [0.25, 0.3) is 0 Å². The Morgan fingerprint density at radius 1 is 1.21 bits per heavy atom. The summed E-state index contributed by atoms with van der Waals surface area (Å²) in [5.74, 6) is -2.71. The topological polar surface area (TPSA) is 49.4 Å². The van der Waals surface area contributed by atoms with Crippen molar-refractivity contribution in [2.24, 2.45) is 5.92 Å². The van der Waals surface area contributed by atoms with Crippen LogP contribution in [0.4, 0.5) is 23.2 Å². The number of carbonyl (C=O) groups excluding carboxylic acids is 2. The second-order valence-corrected chi connectivity index (χ2v) is 6.81. The fourth-order valence-electron chi connectivity index (χ4n) is 3.06. The lowest BCUT2D eigenvalue weighted by Gasteiger charge is -2.18. The fraction of sp³-hybridized carbons (Fsp3) is 0.263. The number of hydrogen-bond donors (Lipinski definition) is 1. The number of benzene rings is 2. The Labute approximate surface area is 163 Å². The zero-order chi connectivity index (χ0) is 20.5. The maximum absolute atomic E-state index is 13.3. The highest BCUT2D eigenvalue weighted by molar-refractivity contribution is 6.30. The van der Waals surface area contributed by atoms with Crippen LogP contribution in [0, 0.1) is 11.7 Å². The predicted octanol–water partition coefficient (Wildman–Crippen LogP) is 4.17. The fourth-order valence-corrected chi connectivity index (χ4v) is 3.30. The van der Waals surface area contributed by atoms with Crippen LogP contribution in [0.2, 0.25) is 5.02 Å². The van der Waals surface area contributed by atoms with Crippen LogP contribution in [0.5, 0.6) is 0 Å². The van der Waals surface area contributed by atoms with Crippen LogP contribution in [0.1, 0.15) is 17.5 Å². The van der Waals surface area contributed by atoms with Gasteiger partial charge in [0, 0.05) is 23.8 Å². The molecule has 1 atom stereocenters. The lowest BCUT2D eigenvalue weighted by Crippen LogP contribution is -2.36. The molecule has 0 aliphatic carbocycles. The van der Waals surface area contributed by atoms with E-state index in [0.29, 0.717) is 5.56 Å². The molecule has 1 aliphatic rings. The smallest absolute Gasteiger partial charge is 0.351 e. The largest absolute Gasteiger partial charge is 0.416 e. The van der Waals surface area contributed by atoms with Gasteiger partial charge in [0.1, 0.15) is 11.7 Å². The number of nitrogens with one attached hydrogen (secondary N) is 1. The van der Waals surface area contributed by atoms with Gasteiger partial charge in [-0.25, -0.2) is 4.39 Å². The molecule has 1 unspecified atom stereocenters. The molecule has 2 aromatic rings. The van der Waals surface area contributed by atoms with E-state index in [4.69, 9.17) is 11.6 Å². The molecule has 4 nitrogen and oxygen atoms in total. The van der Waals surface area contributed by atoms with E-state index in [9.17, 15) is 27.2 Å². The summed E-state index contributed by atoms with van der Waals surface area (Å²) in [7, 11) is 0. The molecule has 1 aliphatic heterocycles. The van der Waals surface area contributed by atoms with Gasteiger partial charge >= 0.3 is 6.18 Å². The molecule has 0 aromatic heterocycles. The molecule has 28 heavy (non-hydrogen) atoms. The molecule has 9 heteroatoms. The molecule has 3 rings (SSSR count). The molecule has 0 radical (unpaired) electrons. The summed E-state index contributed by atoms with van der Waals surface area (Å²) in [4.78, 5) is 26.0. The van der Waals surface area contributed by atoms with Crippen molar-refractivity contribution < 1.29 is 27.2 Å². The summed E-state index contributed by atoms with van der Waals surface area (Å²) in [5, 5.41) is 2.72. The SMILES string of the molecule is O=C(NCc1cc(F)cc(Cl)c1)C1CCN(c2cccc(C(F)(F)F)c2)C1=O. The molecular formula is C19H15ClF4N2O2. The number of amides is 2. The highest BCUT2D eigenvalue weighted by Gasteiger charge is 2.38. The van der Waals surface area contributed by atoms with Gasteiger partial charge in [0.15, 0.2) is 0 Å². The van der Waals surface area contributed by atoms with Crippen LogP contribution in [0.3, 0.4) is 0 Å². The van der Waals surface area contributed by atoms with Crippen LogP contribution >= 0.6 is 11.6 Å². The van der Waals surface area contributed by atoms with Crippen LogP contribution in [0.15, 0.2) is 42.5 Å². The minimum atomic E-state index is -4.53. The zero-order valence-corrected chi connectivity index (χ0v) is 15.1. The quantitative estimate of drug-likeness (QED) is 0.603. The Balaban J connectivity index is 1.67. The third-order valence-electron chi connectivity index (χ3n) is 4.40. The Morgan fingerprint density at radius 3 is 2.64 bits per heavy atom. The van der Waals surface area contributed by atoms with Crippen molar-refractivity contribution in [2.45, 2.75) is 19.1 Å². The number of nitrogens with zero attached hydrogens (tertiary/aromatic N) is 1. The summed E-state index contributed by atoms with van der Waals surface area (Å²) in [5.41, 5.74) is -0.348. The van der Waals surface area contributed by atoms with E-state index in [1.807, 2.05) is 0 Å². The molecule has 0 saturated carbocycles. The van der Waals surface area contributed by atoms with Crippen molar-refractivity contribution in [1.82, 2.24) is 5.32 Å². The standard InChI is InChI=1S/C19H15ClF4N2O2/c20-13-6-11(7-14(21)9-13)10-25-17(27)16-4-5-26(18(16)28)15-3-1-2-12(8-15)19(22,23)24/h1-3,6-9,16H,4-5,10H2,(H,25,27). The maximum Gasteiger partial charge on any atom is 0.416 e. The molecule has 1 fully saturated rings. The Hall–Kier alpha value is -2.61. The van der Waals surface area contributed by atoms with Gasteiger partial charge in [0.05, 0.1) is 5.56 Å². The van der Waals surface area contributed by atoms with E-state index in [0.717, 1.165) is 18.2 Å². The zero-order valence-electron chi connectivity index (χ0n) is 14.4. The van der Waals surface area contributed by atoms with Crippen LogP contribution < -0.4 is 10.2 Å². The third kappa shape index (κ3) is 4.44. The summed E-state index contributed by atoms with van der Waals surface area (Å²) in [6.07, 6.45) is -4.35. The van der Waals surface area contributed by atoms with Gasteiger partial charge < -0.3 is 10.2 Å². The van der Waals surface area contributed by atoms with E-state index >= 15 is 0 Å². The highest BCUT2D eigenvalue weighted by Crippen LogP contribution is 2.33. The number of carbonyl (C=O) groups is 2. The molecule has 1 heterocycles. The molecular weight excluding hydrogens is 400 g/mol. The van der Waals surface area contributed by atoms with Crippen LogP contribution in [-0.2, 0) is 22.3 Å². The number of hydrogen-bond acceptors (Lipinski definition) is 2. The third-order valence-corrected chi connectivity index (χ3v) is 4.61. The first-order valence-electron chi connectivity index (χ1n) is 8.36. The summed E-state index contributed by atoms with van der Waals surface area (Å²) < 4.78 is 51.9. The lowest BCUT2D eigenvalue weighted by atomic mass is 10.1. The number of alkyl halides is 3. The second kappa shape index (κ2) is 7.79. The van der Waals surface area contributed by atoms with Crippen molar-refractivity contribution in [3.8, 4) is 0 Å². The molecule has 1 saturated heterocycles. The number of halogens is 5. The molecule has 0 spiro atoms. The molecule has 148 valence electrons. The maximum atomic E-state index is 13.3. The van der Waals surface area contributed by atoms with Gasteiger partial charge in [-0.05, 0) is 48.4 Å². The minimum absolute atomic E-state index is 0.0242. The summed E-state index contributed by atoms with van der Waals surface area (Å²) in [6.45, 7) is 0.105. The average Bonchev–Trinajstić information content (AvgIpc) is 3.00. The van der Waals surface area contributed by atoms with Gasteiger partial charge in [-0.1, -0.05) is 17.7 Å². The first kappa shape index (κ1) is 20.1. The van der Waals surface area contributed by atoms with Crippen molar-refractivity contribution >= 4 is 29.1 Å². The Kier molecular flexibility index (Phi) is 5.60. The van der Waals surface area contributed by atoms with E-state index in [2.05, 4.69) is 5.32 Å². The van der Waals surface area contributed by atoms with Crippen molar-refractivity contribution in [3.63, 3.8) is 0 Å². The first-order chi connectivity index (χ1) is 13.1. The Bertz CT molecular complexity index is 897. The lowest BCUT2D eigenvalue weighted by molar-refractivity contribution is -0.138. The van der Waals surface area contributed by atoms with Gasteiger partial charge in [0.2, 0.25) is 11.8 Å². The summed E-state index contributed by atoms with van der Waals surface area (Å²) in [6, 6.07) is 8.22. The average molecular weight is 415 g/mol. The normalized spacial score (nSPS) is 17.1. The monoisotopic (exact) mass is 414 g/mol. The van der Waals surface area contributed by atoms with Crippen molar-refractivity contribution in [2.75, 3.05) is 11.4 Å². The van der Waals surface area contributed by atoms with Gasteiger partial charge in [-0.15, -0.1) is 0 Å². The molecule has 0 bridgehead atoms. The first-order valence-corrected chi connectivity index (χ1v) is 8.74. The van der Waals surface area contributed by atoms with Gasteiger partial charge in [-0.3, -0.25) is 9.59 Å². The molecule has 2 amide bonds. The van der Waals surface area contributed by atoms with Crippen LogP contribution in [-0.4, -0.2) is 18.4 Å².